The summed E-state index contributed by atoms with van der Waals surface area (Å²) in [5.74, 6) is 0.590. The summed E-state index contributed by atoms with van der Waals surface area (Å²) >= 11 is 0. The van der Waals surface area contributed by atoms with Crippen molar-refractivity contribution in [1.82, 2.24) is 14.5 Å². The Balaban J connectivity index is 1.67. The standard InChI is InChI=1S/C24H29N3/c1-16-5-6-22-20(11-16)21-15-26(4)14-18-13-24(3,8-10-27(22)23(18)21)19-7-9-25-17(2)12-19/h5-7,9,11-12,18H,8,10,13-15H2,1-4H3. The molecule has 0 amide bonds. The molecule has 2 atom stereocenters. The molecule has 0 radical (unpaired) electrons. The lowest BCUT2D eigenvalue weighted by Crippen LogP contribution is -2.33. The van der Waals surface area contributed by atoms with E-state index in [0.29, 0.717) is 5.92 Å². The molecule has 3 heteroatoms. The largest absolute Gasteiger partial charge is 0.344 e. The highest BCUT2D eigenvalue weighted by Gasteiger charge is 2.39. The minimum absolute atomic E-state index is 0.198. The van der Waals surface area contributed by atoms with E-state index in [1.165, 1.54) is 34.9 Å². The number of likely N-dealkylation sites (N-methyl/N-ethyl adjacent to an activating group) is 1. The molecule has 3 nitrogen and oxygen atoms in total. The van der Waals surface area contributed by atoms with Gasteiger partial charge in [0.05, 0.1) is 0 Å². The fourth-order valence-corrected chi connectivity index (χ4v) is 5.58. The number of hydrogen-bond donors (Lipinski definition) is 0. The first-order valence-corrected chi connectivity index (χ1v) is 10.2. The molecule has 0 aliphatic carbocycles. The van der Waals surface area contributed by atoms with Gasteiger partial charge in [0.15, 0.2) is 0 Å². The molecule has 0 fully saturated rings. The molecule has 0 saturated heterocycles. The first-order chi connectivity index (χ1) is 12.9. The van der Waals surface area contributed by atoms with Crippen molar-refractivity contribution in [2.24, 2.45) is 0 Å². The highest BCUT2D eigenvalue weighted by Crippen LogP contribution is 2.47. The van der Waals surface area contributed by atoms with Crippen LogP contribution in [-0.4, -0.2) is 28.0 Å². The number of fused-ring (bicyclic) bond motifs is 3. The lowest BCUT2D eigenvalue weighted by atomic mass is 9.72. The molecule has 1 aromatic carbocycles. The normalized spacial score (nSPS) is 25.4. The number of nitrogens with zero attached hydrogens (tertiary/aromatic N) is 3. The van der Waals surface area contributed by atoms with Crippen molar-refractivity contribution < 1.29 is 0 Å². The topological polar surface area (TPSA) is 21.1 Å². The molecule has 3 aromatic rings. The van der Waals surface area contributed by atoms with Crippen molar-refractivity contribution in [2.75, 3.05) is 13.6 Å². The Morgan fingerprint density at radius 1 is 1.15 bits per heavy atom. The summed E-state index contributed by atoms with van der Waals surface area (Å²) in [5.41, 5.74) is 8.76. The van der Waals surface area contributed by atoms with Gasteiger partial charge >= 0.3 is 0 Å². The summed E-state index contributed by atoms with van der Waals surface area (Å²) in [6, 6.07) is 11.6. The minimum Gasteiger partial charge on any atom is -0.344 e. The van der Waals surface area contributed by atoms with Gasteiger partial charge in [-0.25, -0.2) is 0 Å². The molecular weight excluding hydrogens is 330 g/mol. The molecule has 2 aliphatic heterocycles. The molecule has 2 aliphatic rings. The third-order valence-electron chi connectivity index (χ3n) is 6.89. The summed E-state index contributed by atoms with van der Waals surface area (Å²) in [6.07, 6.45) is 4.38. The van der Waals surface area contributed by atoms with Gasteiger partial charge in [0.1, 0.15) is 0 Å². The van der Waals surface area contributed by atoms with Crippen molar-refractivity contribution in [3.05, 3.63) is 64.6 Å². The summed E-state index contributed by atoms with van der Waals surface area (Å²) in [5, 5.41) is 1.48. The van der Waals surface area contributed by atoms with E-state index < -0.39 is 0 Å². The Bertz CT molecular complexity index is 1030. The van der Waals surface area contributed by atoms with Crippen LogP contribution in [0, 0.1) is 13.8 Å². The van der Waals surface area contributed by atoms with Crippen molar-refractivity contribution >= 4 is 10.9 Å². The lowest BCUT2D eigenvalue weighted by molar-refractivity contribution is 0.252. The predicted octanol–water partition coefficient (Wildman–Crippen LogP) is 4.93. The third kappa shape index (κ3) is 2.63. The van der Waals surface area contributed by atoms with Gasteiger partial charge in [-0.2, -0.15) is 0 Å². The van der Waals surface area contributed by atoms with E-state index >= 15 is 0 Å². The Morgan fingerprint density at radius 3 is 2.81 bits per heavy atom. The molecule has 0 bridgehead atoms. The van der Waals surface area contributed by atoms with Gasteiger partial charge in [-0.1, -0.05) is 18.6 Å². The van der Waals surface area contributed by atoms with Crippen molar-refractivity contribution in [2.45, 2.75) is 58.0 Å². The zero-order valence-corrected chi connectivity index (χ0v) is 16.9. The maximum absolute atomic E-state index is 4.43. The van der Waals surface area contributed by atoms with E-state index in [9.17, 15) is 0 Å². The van der Waals surface area contributed by atoms with Gasteiger partial charge in [-0.3, -0.25) is 4.98 Å². The second kappa shape index (κ2) is 5.93. The van der Waals surface area contributed by atoms with Crippen LogP contribution in [0.5, 0.6) is 0 Å². The molecule has 4 heterocycles. The van der Waals surface area contributed by atoms with Crippen LogP contribution in [0.25, 0.3) is 10.9 Å². The van der Waals surface area contributed by atoms with Crippen LogP contribution >= 0.6 is 0 Å². The van der Waals surface area contributed by atoms with E-state index in [2.05, 4.69) is 72.6 Å². The molecule has 0 saturated carbocycles. The predicted molar refractivity (Wildman–Crippen MR) is 111 cm³/mol. The SMILES string of the molecule is Cc1ccc2c(c1)c1c3n2CCC(C)(c2ccnc(C)c2)CC3CN(C)C1. The van der Waals surface area contributed by atoms with Crippen molar-refractivity contribution in [1.29, 1.82) is 0 Å². The van der Waals surface area contributed by atoms with E-state index in [1.807, 2.05) is 6.20 Å². The number of aryl methyl sites for hydroxylation is 3. The minimum atomic E-state index is 0.198. The van der Waals surface area contributed by atoms with Crippen molar-refractivity contribution in [3.63, 3.8) is 0 Å². The fourth-order valence-electron chi connectivity index (χ4n) is 5.58. The van der Waals surface area contributed by atoms with Gasteiger partial charge < -0.3 is 9.47 Å². The first kappa shape index (κ1) is 17.0. The van der Waals surface area contributed by atoms with Crippen LogP contribution in [0.3, 0.4) is 0 Å². The van der Waals surface area contributed by atoms with E-state index in [-0.39, 0.29) is 5.41 Å². The van der Waals surface area contributed by atoms with Gasteiger partial charge in [-0.05, 0) is 74.5 Å². The second-order valence-corrected chi connectivity index (χ2v) is 9.13. The van der Waals surface area contributed by atoms with Crippen LogP contribution < -0.4 is 0 Å². The zero-order chi connectivity index (χ0) is 18.8. The van der Waals surface area contributed by atoms with Gasteiger partial charge in [0, 0.05) is 54.0 Å². The maximum atomic E-state index is 4.43. The van der Waals surface area contributed by atoms with Crippen LogP contribution in [0.2, 0.25) is 0 Å². The molecule has 27 heavy (non-hydrogen) atoms. The lowest BCUT2D eigenvalue weighted by Gasteiger charge is -2.36. The summed E-state index contributed by atoms with van der Waals surface area (Å²) < 4.78 is 2.65. The van der Waals surface area contributed by atoms with Gasteiger partial charge in [0.2, 0.25) is 0 Å². The Morgan fingerprint density at radius 2 is 2.00 bits per heavy atom. The number of aromatic nitrogens is 2. The third-order valence-corrected chi connectivity index (χ3v) is 6.89. The van der Waals surface area contributed by atoms with Crippen LogP contribution in [0.15, 0.2) is 36.5 Å². The molecule has 2 unspecified atom stereocenters. The van der Waals surface area contributed by atoms with E-state index in [0.717, 1.165) is 25.3 Å². The number of pyridine rings is 1. The summed E-state index contributed by atoms with van der Waals surface area (Å²) in [4.78, 5) is 6.95. The molecule has 0 N–H and O–H groups in total. The van der Waals surface area contributed by atoms with Crippen molar-refractivity contribution in [3.8, 4) is 0 Å². The van der Waals surface area contributed by atoms with Crippen LogP contribution in [-0.2, 0) is 18.5 Å². The summed E-state index contributed by atoms with van der Waals surface area (Å²) in [7, 11) is 2.28. The Hall–Kier alpha value is -2.13. The maximum Gasteiger partial charge on any atom is 0.0486 e. The number of rotatable bonds is 1. The average Bonchev–Trinajstić information content (AvgIpc) is 2.83. The monoisotopic (exact) mass is 359 g/mol. The average molecular weight is 360 g/mol. The van der Waals surface area contributed by atoms with Gasteiger partial charge in [0.25, 0.3) is 0 Å². The first-order valence-electron chi connectivity index (χ1n) is 10.2. The van der Waals surface area contributed by atoms with Crippen LogP contribution in [0.4, 0.5) is 0 Å². The smallest absolute Gasteiger partial charge is 0.0486 e. The molecule has 140 valence electrons. The zero-order valence-electron chi connectivity index (χ0n) is 16.9. The number of hydrogen-bond acceptors (Lipinski definition) is 2. The number of benzene rings is 1. The summed E-state index contributed by atoms with van der Waals surface area (Å²) in [6.45, 7) is 10.1. The quantitative estimate of drug-likeness (QED) is 0.614. The Labute approximate surface area is 162 Å². The molecular formula is C24H29N3. The molecule has 2 aromatic heterocycles. The van der Waals surface area contributed by atoms with Crippen LogP contribution in [0.1, 0.15) is 53.8 Å². The second-order valence-electron chi connectivity index (χ2n) is 9.13. The highest BCUT2D eigenvalue weighted by atomic mass is 15.1. The van der Waals surface area contributed by atoms with Gasteiger partial charge in [-0.15, -0.1) is 0 Å². The fraction of sp³-hybridized carbons (Fsp3) is 0.458. The molecule has 0 spiro atoms. The molecule has 5 rings (SSSR count). The van der Waals surface area contributed by atoms with E-state index in [1.54, 1.807) is 11.3 Å². The highest BCUT2D eigenvalue weighted by molar-refractivity contribution is 5.87. The Kier molecular flexibility index (Phi) is 3.74. The van der Waals surface area contributed by atoms with E-state index in [4.69, 9.17) is 0 Å².